The molecule has 1 unspecified atom stereocenters. The molecule has 0 saturated carbocycles. The minimum Gasteiger partial charge on any atom is -0.494 e. The highest BCUT2D eigenvalue weighted by Crippen LogP contribution is 2.16. The van der Waals surface area contributed by atoms with E-state index < -0.39 is 6.04 Å². The van der Waals surface area contributed by atoms with Crippen molar-refractivity contribution in [3.63, 3.8) is 0 Å². The molecule has 5 nitrogen and oxygen atoms in total. The van der Waals surface area contributed by atoms with E-state index in [1.807, 2.05) is 62.4 Å². The fourth-order valence-electron chi connectivity index (χ4n) is 2.94. The Hall–Kier alpha value is -2.53. The van der Waals surface area contributed by atoms with Crippen LogP contribution in [0.2, 0.25) is 5.02 Å². The number of para-hydroxylation sites is 1. The maximum absolute atomic E-state index is 13.0. The van der Waals surface area contributed by atoms with Crippen LogP contribution in [0.3, 0.4) is 0 Å². The molecule has 0 aliphatic carbocycles. The van der Waals surface area contributed by atoms with Crippen LogP contribution in [0.1, 0.15) is 39.2 Å². The summed E-state index contributed by atoms with van der Waals surface area (Å²) in [6.07, 6.45) is 0.870. The Bertz CT molecular complexity index is 811. The number of halogens is 1. The lowest BCUT2D eigenvalue weighted by molar-refractivity contribution is -0.140. The van der Waals surface area contributed by atoms with Crippen LogP contribution in [0.25, 0.3) is 0 Å². The van der Waals surface area contributed by atoms with Crippen LogP contribution in [-0.4, -0.2) is 35.9 Å². The Balaban J connectivity index is 1.99. The first-order valence-electron chi connectivity index (χ1n) is 10.4. The molecule has 2 amide bonds. The summed E-state index contributed by atoms with van der Waals surface area (Å²) in [7, 11) is 0. The summed E-state index contributed by atoms with van der Waals surface area (Å²) in [5.74, 6) is 0.883. The molecule has 0 aliphatic heterocycles. The van der Waals surface area contributed by atoms with Gasteiger partial charge in [0.05, 0.1) is 6.61 Å². The van der Waals surface area contributed by atoms with Crippen LogP contribution in [0, 0.1) is 5.92 Å². The van der Waals surface area contributed by atoms with Gasteiger partial charge in [0.25, 0.3) is 0 Å². The zero-order valence-corrected chi connectivity index (χ0v) is 18.7. The highest BCUT2D eigenvalue weighted by molar-refractivity contribution is 6.30. The summed E-state index contributed by atoms with van der Waals surface area (Å²) in [4.78, 5) is 27.2. The van der Waals surface area contributed by atoms with E-state index in [9.17, 15) is 9.59 Å². The van der Waals surface area contributed by atoms with Crippen molar-refractivity contribution in [2.45, 2.75) is 46.2 Å². The molecule has 1 N–H and O–H groups in total. The summed E-state index contributed by atoms with van der Waals surface area (Å²) in [5, 5.41) is 3.52. The molecule has 0 aliphatic rings. The summed E-state index contributed by atoms with van der Waals surface area (Å²) in [6, 6.07) is 16.3. The fraction of sp³-hybridized carbons (Fsp3) is 0.417. The van der Waals surface area contributed by atoms with E-state index in [1.165, 1.54) is 0 Å². The predicted octanol–water partition coefficient (Wildman–Crippen LogP) is 4.69. The molecule has 2 aromatic rings. The normalized spacial score (nSPS) is 11.8. The van der Waals surface area contributed by atoms with Gasteiger partial charge in [0, 0.05) is 24.5 Å². The number of hydrogen-bond acceptors (Lipinski definition) is 3. The Labute approximate surface area is 184 Å². The van der Waals surface area contributed by atoms with Crippen LogP contribution >= 0.6 is 11.6 Å². The fourth-order valence-corrected chi connectivity index (χ4v) is 3.15. The lowest BCUT2D eigenvalue weighted by Crippen LogP contribution is -2.48. The van der Waals surface area contributed by atoms with E-state index in [0.717, 1.165) is 11.3 Å². The Kier molecular flexibility index (Phi) is 9.68. The maximum Gasteiger partial charge on any atom is 0.242 e. The third kappa shape index (κ3) is 8.07. The number of ether oxygens (including phenoxy) is 1. The maximum atomic E-state index is 13.0. The minimum absolute atomic E-state index is 0.0844. The topological polar surface area (TPSA) is 58.6 Å². The summed E-state index contributed by atoms with van der Waals surface area (Å²) < 4.78 is 5.68. The second kappa shape index (κ2) is 12.2. The monoisotopic (exact) mass is 430 g/mol. The first-order chi connectivity index (χ1) is 14.4. The van der Waals surface area contributed by atoms with Gasteiger partial charge in [0.2, 0.25) is 11.8 Å². The van der Waals surface area contributed by atoms with Crippen LogP contribution < -0.4 is 10.1 Å². The molecule has 162 valence electrons. The average Bonchev–Trinajstić information content (AvgIpc) is 2.73. The summed E-state index contributed by atoms with van der Waals surface area (Å²) in [5.41, 5.74) is 0.889. The average molecular weight is 431 g/mol. The Morgan fingerprint density at radius 1 is 1.07 bits per heavy atom. The van der Waals surface area contributed by atoms with Gasteiger partial charge in [-0.3, -0.25) is 9.59 Å². The second-order valence-corrected chi connectivity index (χ2v) is 8.17. The van der Waals surface area contributed by atoms with Gasteiger partial charge in [-0.15, -0.1) is 0 Å². The molecule has 0 spiro atoms. The van der Waals surface area contributed by atoms with Crippen LogP contribution in [0.15, 0.2) is 54.6 Å². The second-order valence-electron chi connectivity index (χ2n) is 7.73. The molecule has 0 bridgehead atoms. The van der Waals surface area contributed by atoms with E-state index >= 15 is 0 Å². The highest BCUT2D eigenvalue weighted by atomic mass is 35.5. The van der Waals surface area contributed by atoms with Crippen molar-refractivity contribution in [2.24, 2.45) is 5.92 Å². The third-order valence-electron chi connectivity index (χ3n) is 4.64. The van der Waals surface area contributed by atoms with Crippen molar-refractivity contribution in [2.75, 3.05) is 13.2 Å². The molecule has 2 aromatic carbocycles. The zero-order valence-electron chi connectivity index (χ0n) is 17.9. The number of rotatable bonds is 11. The van der Waals surface area contributed by atoms with E-state index in [4.69, 9.17) is 16.3 Å². The van der Waals surface area contributed by atoms with Crippen molar-refractivity contribution in [1.82, 2.24) is 10.2 Å². The van der Waals surface area contributed by atoms with Gasteiger partial charge in [-0.05, 0) is 49.1 Å². The molecule has 6 heteroatoms. The quantitative estimate of drug-likeness (QED) is 0.526. The molecular formula is C24H31ClN2O3. The Morgan fingerprint density at radius 3 is 2.47 bits per heavy atom. The van der Waals surface area contributed by atoms with E-state index in [1.54, 1.807) is 17.9 Å². The number of carbonyl (C=O) groups excluding carboxylic acids is 2. The molecule has 1 atom stereocenters. The number of nitrogens with one attached hydrogen (secondary N) is 1. The standard InChI is InChI=1S/C24H31ClN2O3/c1-18(2)16-26-24(29)19(3)27(17-20-9-7-10-21(25)15-20)23(28)13-8-14-30-22-11-5-4-6-12-22/h4-7,9-12,15,18-19H,8,13-14,16-17H2,1-3H3,(H,26,29). The minimum atomic E-state index is -0.578. The van der Waals surface area contributed by atoms with Gasteiger partial charge in [-0.25, -0.2) is 0 Å². The van der Waals surface area contributed by atoms with Crippen LogP contribution in [-0.2, 0) is 16.1 Å². The van der Waals surface area contributed by atoms with Crippen LogP contribution in [0.4, 0.5) is 0 Å². The largest absolute Gasteiger partial charge is 0.494 e. The van der Waals surface area contributed by atoms with Gasteiger partial charge in [0.15, 0.2) is 0 Å². The van der Waals surface area contributed by atoms with Crippen molar-refractivity contribution in [3.8, 4) is 5.75 Å². The molecule has 0 fully saturated rings. The molecule has 0 aromatic heterocycles. The molecule has 2 rings (SSSR count). The van der Waals surface area contributed by atoms with Gasteiger partial charge >= 0.3 is 0 Å². The molecule has 0 radical (unpaired) electrons. The molecule has 0 heterocycles. The van der Waals surface area contributed by atoms with E-state index in [2.05, 4.69) is 5.32 Å². The van der Waals surface area contributed by atoms with Gasteiger partial charge in [0.1, 0.15) is 11.8 Å². The van der Waals surface area contributed by atoms with E-state index in [0.29, 0.717) is 43.5 Å². The number of amides is 2. The number of benzene rings is 2. The first-order valence-corrected chi connectivity index (χ1v) is 10.7. The summed E-state index contributed by atoms with van der Waals surface area (Å²) >= 11 is 6.10. The Morgan fingerprint density at radius 2 is 1.80 bits per heavy atom. The highest BCUT2D eigenvalue weighted by Gasteiger charge is 2.25. The molecular weight excluding hydrogens is 400 g/mol. The smallest absolute Gasteiger partial charge is 0.242 e. The first kappa shape index (κ1) is 23.7. The van der Waals surface area contributed by atoms with Gasteiger partial charge < -0.3 is 15.0 Å². The lowest BCUT2D eigenvalue weighted by atomic mass is 10.1. The summed E-state index contributed by atoms with van der Waals surface area (Å²) in [6.45, 7) is 7.18. The third-order valence-corrected chi connectivity index (χ3v) is 4.88. The van der Waals surface area contributed by atoms with Crippen molar-refractivity contribution in [3.05, 3.63) is 65.2 Å². The SMILES string of the molecule is CC(C)CNC(=O)C(C)N(Cc1cccc(Cl)c1)C(=O)CCCOc1ccccc1. The predicted molar refractivity (Wildman–Crippen MR) is 120 cm³/mol. The number of nitrogens with zero attached hydrogens (tertiary/aromatic N) is 1. The van der Waals surface area contributed by atoms with Gasteiger partial charge in [-0.2, -0.15) is 0 Å². The van der Waals surface area contributed by atoms with Crippen molar-refractivity contribution in [1.29, 1.82) is 0 Å². The van der Waals surface area contributed by atoms with Crippen molar-refractivity contribution >= 4 is 23.4 Å². The van der Waals surface area contributed by atoms with E-state index in [-0.39, 0.29) is 11.8 Å². The molecule has 30 heavy (non-hydrogen) atoms. The molecule has 0 saturated heterocycles. The van der Waals surface area contributed by atoms with Crippen molar-refractivity contribution < 1.29 is 14.3 Å². The number of carbonyl (C=O) groups is 2. The van der Waals surface area contributed by atoms with Crippen LogP contribution in [0.5, 0.6) is 5.75 Å². The lowest BCUT2D eigenvalue weighted by Gasteiger charge is -2.29. The zero-order chi connectivity index (χ0) is 21.9. The number of hydrogen-bond donors (Lipinski definition) is 1. The van der Waals surface area contributed by atoms with Gasteiger partial charge in [-0.1, -0.05) is 55.8 Å².